The lowest BCUT2D eigenvalue weighted by molar-refractivity contribution is -0.113. The predicted molar refractivity (Wildman–Crippen MR) is 83.0 cm³/mol. The Morgan fingerprint density at radius 2 is 2.10 bits per heavy atom. The maximum atomic E-state index is 12.5. The van der Waals surface area contributed by atoms with Crippen LogP contribution in [0, 0.1) is 0 Å². The predicted octanol–water partition coefficient (Wildman–Crippen LogP) is 1.01. The molecule has 0 saturated carbocycles. The standard InChI is InChI=1S/C13H18N2O4S2/c1-20-10-13(16)14-11-3-2-4-12(9-11)21(17,18)15-5-7-19-8-6-15/h2-4,9H,5-8,10H2,1H3,(H,14,16). The number of nitrogens with zero attached hydrogens (tertiary/aromatic N) is 1. The summed E-state index contributed by atoms with van der Waals surface area (Å²) in [5.41, 5.74) is 0.489. The smallest absolute Gasteiger partial charge is 0.243 e. The van der Waals surface area contributed by atoms with Crippen molar-refractivity contribution in [2.45, 2.75) is 4.90 Å². The summed E-state index contributed by atoms with van der Waals surface area (Å²) in [7, 11) is -3.54. The van der Waals surface area contributed by atoms with E-state index in [1.54, 1.807) is 12.1 Å². The van der Waals surface area contributed by atoms with Crippen LogP contribution in [0.25, 0.3) is 0 Å². The Labute approximate surface area is 128 Å². The van der Waals surface area contributed by atoms with Crippen molar-refractivity contribution in [1.82, 2.24) is 4.31 Å². The Kier molecular flexibility index (Phi) is 5.63. The highest BCUT2D eigenvalue weighted by molar-refractivity contribution is 7.99. The molecule has 1 amide bonds. The van der Waals surface area contributed by atoms with Gasteiger partial charge < -0.3 is 10.1 Å². The first-order chi connectivity index (χ1) is 10.0. The lowest BCUT2D eigenvalue weighted by atomic mass is 10.3. The van der Waals surface area contributed by atoms with Gasteiger partial charge in [-0.2, -0.15) is 16.1 Å². The Morgan fingerprint density at radius 1 is 1.38 bits per heavy atom. The monoisotopic (exact) mass is 330 g/mol. The number of nitrogens with one attached hydrogen (secondary N) is 1. The van der Waals surface area contributed by atoms with E-state index in [-0.39, 0.29) is 10.8 Å². The number of amides is 1. The number of morpholine rings is 1. The van der Waals surface area contributed by atoms with Gasteiger partial charge in [-0.3, -0.25) is 4.79 Å². The van der Waals surface area contributed by atoms with Gasteiger partial charge in [0.2, 0.25) is 15.9 Å². The minimum Gasteiger partial charge on any atom is -0.379 e. The Hall–Kier alpha value is -1.09. The quantitative estimate of drug-likeness (QED) is 0.872. The molecule has 1 aromatic rings. The summed E-state index contributed by atoms with van der Waals surface area (Å²) in [6, 6.07) is 6.33. The zero-order chi connectivity index (χ0) is 15.3. The summed E-state index contributed by atoms with van der Waals surface area (Å²) in [6.45, 7) is 1.52. The number of hydrogen-bond acceptors (Lipinski definition) is 5. The van der Waals surface area contributed by atoms with Gasteiger partial charge in [-0.25, -0.2) is 8.42 Å². The van der Waals surface area contributed by atoms with Crippen LogP contribution >= 0.6 is 11.8 Å². The van der Waals surface area contributed by atoms with Crippen LogP contribution in [-0.4, -0.2) is 56.9 Å². The van der Waals surface area contributed by atoms with E-state index in [0.29, 0.717) is 37.7 Å². The summed E-state index contributed by atoms with van der Waals surface area (Å²) < 4.78 is 31.6. The van der Waals surface area contributed by atoms with E-state index in [4.69, 9.17) is 4.74 Å². The van der Waals surface area contributed by atoms with Crippen molar-refractivity contribution in [3.05, 3.63) is 24.3 Å². The number of carbonyl (C=O) groups excluding carboxylic acids is 1. The van der Waals surface area contributed by atoms with Gasteiger partial charge in [0.25, 0.3) is 0 Å². The van der Waals surface area contributed by atoms with Crippen molar-refractivity contribution >= 4 is 33.4 Å². The number of carbonyl (C=O) groups is 1. The van der Waals surface area contributed by atoms with E-state index in [2.05, 4.69) is 5.32 Å². The number of ether oxygens (including phenoxy) is 1. The molecule has 1 aliphatic rings. The van der Waals surface area contributed by atoms with Crippen LogP contribution in [-0.2, 0) is 19.6 Å². The van der Waals surface area contributed by atoms with Crippen LogP contribution in [0.5, 0.6) is 0 Å². The molecule has 1 heterocycles. The van der Waals surface area contributed by atoms with E-state index in [1.165, 1.54) is 28.2 Å². The second-order valence-electron chi connectivity index (χ2n) is 4.53. The van der Waals surface area contributed by atoms with Crippen LogP contribution in [0.4, 0.5) is 5.69 Å². The molecule has 1 saturated heterocycles. The number of sulfonamides is 1. The molecule has 0 aromatic heterocycles. The van der Waals surface area contributed by atoms with Gasteiger partial charge in [0.1, 0.15) is 0 Å². The van der Waals surface area contributed by atoms with Crippen molar-refractivity contribution in [3.8, 4) is 0 Å². The Balaban J connectivity index is 2.17. The first-order valence-electron chi connectivity index (χ1n) is 6.51. The molecule has 0 bridgehead atoms. The average Bonchev–Trinajstić information content (AvgIpc) is 2.48. The van der Waals surface area contributed by atoms with Gasteiger partial charge in [-0.05, 0) is 24.5 Å². The zero-order valence-corrected chi connectivity index (χ0v) is 13.4. The van der Waals surface area contributed by atoms with Gasteiger partial charge in [0, 0.05) is 18.8 Å². The van der Waals surface area contributed by atoms with Gasteiger partial charge in [0.15, 0.2) is 0 Å². The molecule has 0 radical (unpaired) electrons. The first-order valence-corrected chi connectivity index (χ1v) is 9.34. The molecule has 0 unspecified atom stereocenters. The molecule has 1 N–H and O–H groups in total. The van der Waals surface area contributed by atoms with Crippen LogP contribution in [0.1, 0.15) is 0 Å². The maximum absolute atomic E-state index is 12.5. The lowest BCUT2D eigenvalue weighted by Crippen LogP contribution is -2.40. The van der Waals surface area contributed by atoms with Crippen LogP contribution in [0.15, 0.2) is 29.2 Å². The fourth-order valence-corrected chi connectivity index (χ4v) is 3.79. The summed E-state index contributed by atoms with van der Waals surface area (Å²) >= 11 is 1.41. The molecule has 21 heavy (non-hydrogen) atoms. The largest absolute Gasteiger partial charge is 0.379 e. The zero-order valence-electron chi connectivity index (χ0n) is 11.7. The lowest BCUT2D eigenvalue weighted by Gasteiger charge is -2.26. The molecule has 1 fully saturated rings. The summed E-state index contributed by atoms with van der Waals surface area (Å²) in [4.78, 5) is 11.8. The van der Waals surface area contributed by atoms with Gasteiger partial charge in [-0.15, -0.1) is 0 Å². The van der Waals surface area contributed by atoms with Crippen molar-refractivity contribution in [3.63, 3.8) is 0 Å². The highest BCUT2D eigenvalue weighted by Gasteiger charge is 2.26. The van der Waals surface area contributed by atoms with E-state index in [0.717, 1.165) is 0 Å². The van der Waals surface area contributed by atoms with Crippen molar-refractivity contribution in [2.75, 3.05) is 43.6 Å². The average molecular weight is 330 g/mol. The van der Waals surface area contributed by atoms with Crippen LogP contribution in [0.3, 0.4) is 0 Å². The number of anilines is 1. The molecule has 6 nitrogen and oxygen atoms in total. The molecular weight excluding hydrogens is 312 g/mol. The van der Waals surface area contributed by atoms with Gasteiger partial charge in [-0.1, -0.05) is 6.07 Å². The highest BCUT2D eigenvalue weighted by Crippen LogP contribution is 2.20. The Bertz CT molecular complexity index is 598. The minimum absolute atomic E-state index is 0.150. The van der Waals surface area contributed by atoms with E-state index in [9.17, 15) is 13.2 Å². The first kappa shape index (κ1) is 16.3. The third-order valence-electron chi connectivity index (χ3n) is 3.00. The van der Waals surface area contributed by atoms with Crippen molar-refractivity contribution in [2.24, 2.45) is 0 Å². The fourth-order valence-electron chi connectivity index (χ4n) is 2.00. The third kappa shape index (κ3) is 4.19. The summed E-state index contributed by atoms with van der Waals surface area (Å²) in [5, 5.41) is 2.69. The van der Waals surface area contributed by atoms with Gasteiger partial charge >= 0.3 is 0 Å². The highest BCUT2D eigenvalue weighted by atomic mass is 32.2. The molecule has 0 aliphatic carbocycles. The van der Waals surface area contributed by atoms with Crippen LogP contribution in [0.2, 0.25) is 0 Å². The van der Waals surface area contributed by atoms with Crippen molar-refractivity contribution < 1.29 is 17.9 Å². The molecule has 1 aromatic carbocycles. The van der Waals surface area contributed by atoms with Gasteiger partial charge in [0.05, 0.1) is 23.9 Å². The normalized spacial score (nSPS) is 16.6. The SMILES string of the molecule is CSCC(=O)Nc1cccc(S(=O)(=O)N2CCOCC2)c1. The number of benzene rings is 1. The number of thioether (sulfide) groups is 1. The number of hydrogen-bond donors (Lipinski definition) is 1. The summed E-state index contributed by atoms with van der Waals surface area (Å²) in [6.07, 6.45) is 1.83. The third-order valence-corrected chi connectivity index (χ3v) is 5.45. The maximum Gasteiger partial charge on any atom is 0.243 e. The molecule has 1 aliphatic heterocycles. The fraction of sp³-hybridized carbons (Fsp3) is 0.462. The topological polar surface area (TPSA) is 75.7 Å². The minimum atomic E-state index is -3.54. The molecule has 8 heteroatoms. The van der Waals surface area contributed by atoms with Crippen molar-refractivity contribution in [1.29, 1.82) is 0 Å². The second-order valence-corrected chi connectivity index (χ2v) is 7.33. The molecule has 2 rings (SSSR count). The molecule has 116 valence electrons. The Morgan fingerprint density at radius 3 is 2.76 bits per heavy atom. The molecular formula is C13H18N2O4S2. The van der Waals surface area contributed by atoms with E-state index < -0.39 is 10.0 Å². The number of rotatable bonds is 5. The van der Waals surface area contributed by atoms with E-state index in [1.807, 2.05) is 6.26 Å². The molecule has 0 atom stereocenters. The second kappa shape index (κ2) is 7.26. The summed E-state index contributed by atoms with van der Waals surface area (Å²) in [5.74, 6) is 0.184. The molecule has 0 spiro atoms. The van der Waals surface area contributed by atoms with E-state index >= 15 is 0 Å². The van der Waals surface area contributed by atoms with Crippen LogP contribution < -0.4 is 5.32 Å².